The van der Waals surface area contributed by atoms with Crippen molar-refractivity contribution in [2.45, 2.75) is 37.6 Å². The quantitative estimate of drug-likeness (QED) is 0.848. The first-order chi connectivity index (χ1) is 8.74. The predicted molar refractivity (Wildman–Crippen MR) is 69.6 cm³/mol. The van der Waals surface area contributed by atoms with E-state index in [4.69, 9.17) is 0 Å². The number of nitrogens with one attached hydrogen (secondary N) is 1. The number of fused-ring (bicyclic) bond motifs is 1. The Balaban J connectivity index is 2.57. The van der Waals surface area contributed by atoms with Gasteiger partial charge in [0.05, 0.1) is 0 Å². The second-order valence-electron chi connectivity index (χ2n) is 5.25. The van der Waals surface area contributed by atoms with Gasteiger partial charge in [-0.3, -0.25) is 0 Å². The van der Waals surface area contributed by atoms with Gasteiger partial charge in [0.1, 0.15) is 10.6 Å². The Kier molecular flexibility index (Phi) is 3.44. The average molecular weight is 286 g/mol. The lowest BCUT2D eigenvalue weighted by molar-refractivity contribution is 0.0685. The van der Waals surface area contributed by atoms with Gasteiger partial charge in [-0.15, -0.1) is 0 Å². The summed E-state index contributed by atoms with van der Waals surface area (Å²) in [6, 6.07) is -0.163. The normalized spacial score (nSPS) is 22.0. The molecule has 0 fully saturated rings. The van der Waals surface area contributed by atoms with Crippen molar-refractivity contribution in [1.82, 2.24) is 9.29 Å². The van der Waals surface area contributed by atoms with Crippen LogP contribution in [0.2, 0.25) is 0 Å². The number of hydrogen-bond acceptors (Lipinski definition) is 3. The molecule has 19 heavy (non-hydrogen) atoms. The molecular weight excluding hydrogens is 268 g/mol. The Hall–Kier alpha value is -1.34. The largest absolute Gasteiger partial charge is 0.477 e. The van der Waals surface area contributed by atoms with E-state index in [-0.39, 0.29) is 22.5 Å². The third-order valence-electron chi connectivity index (χ3n) is 3.56. The van der Waals surface area contributed by atoms with Gasteiger partial charge in [-0.2, -0.15) is 0 Å². The molecule has 1 aliphatic heterocycles. The van der Waals surface area contributed by atoms with Crippen LogP contribution in [-0.4, -0.2) is 30.1 Å². The maximum absolute atomic E-state index is 12.3. The van der Waals surface area contributed by atoms with Gasteiger partial charge in [0.25, 0.3) is 0 Å². The van der Waals surface area contributed by atoms with E-state index < -0.39 is 16.0 Å². The number of aromatic nitrogens is 1. The fraction of sp³-hybridized carbons (Fsp3) is 0.583. The molecule has 2 heterocycles. The molecule has 0 bridgehead atoms. The van der Waals surface area contributed by atoms with Gasteiger partial charge in [-0.25, -0.2) is 17.9 Å². The van der Waals surface area contributed by atoms with Crippen LogP contribution in [-0.2, 0) is 23.5 Å². The number of carbonyl (C=O) groups is 1. The molecule has 1 aromatic heterocycles. The third-order valence-corrected chi connectivity index (χ3v) is 5.10. The molecule has 0 aliphatic carbocycles. The molecule has 0 aromatic carbocycles. The van der Waals surface area contributed by atoms with Crippen LogP contribution in [0, 0.1) is 5.92 Å². The number of sulfonamides is 1. The number of hydrogen-bond donors (Lipinski definition) is 2. The standard InChI is InChI=1S/C12H18N2O4S/c1-7(2)9-5-4-8-10(19(17,18)13-9)6-14(3)11(8)12(15)16/h6-7,9,13H,4-5H2,1-3H3,(H,15,16). The molecule has 0 saturated heterocycles. The highest BCUT2D eigenvalue weighted by atomic mass is 32.2. The Bertz CT molecular complexity index is 616. The van der Waals surface area contributed by atoms with E-state index in [2.05, 4.69) is 4.72 Å². The molecule has 0 spiro atoms. The molecule has 0 amide bonds. The summed E-state index contributed by atoms with van der Waals surface area (Å²) >= 11 is 0. The van der Waals surface area contributed by atoms with E-state index in [0.717, 1.165) is 0 Å². The van der Waals surface area contributed by atoms with Crippen molar-refractivity contribution in [2.75, 3.05) is 0 Å². The highest BCUT2D eigenvalue weighted by Crippen LogP contribution is 2.28. The van der Waals surface area contributed by atoms with Crippen LogP contribution in [0.15, 0.2) is 11.1 Å². The van der Waals surface area contributed by atoms with Crippen LogP contribution >= 0.6 is 0 Å². The third kappa shape index (κ3) is 2.40. The minimum absolute atomic E-state index is 0.0600. The van der Waals surface area contributed by atoms with Gasteiger partial charge in [0, 0.05) is 24.8 Å². The summed E-state index contributed by atoms with van der Waals surface area (Å²) in [6.45, 7) is 3.89. The second-order valence-corrected chi connectivity index (χ2v) is 6.93. The van der Waals surface area contributed by atoms with Gasteiger partial charge < -0.3 is 9.67 Å². The summed E-state index contributed by atoms with van der Waals surface area (Å²) in [5, 5.41) is 9.21. The Morgan fingerprint density at radius 1 is 1.53 bits per heavy atom. The zero-order chi connectivity index (χ0) is 14.4. The smallest absolute Gasteiger partial charge is 0.352 e. The molecule has 1 atom stereocenters. The van der Waals surface area contributed by atoms with Crippen LogP contribution in [0.3, 0.4) is 0 Å². The van der Waals surface area contributed by atoms with Crippen molar-refractivity contribution in [3.8, 4) is 0 Å². The van der Waals surface area contributed by atoms with Crippen LogP contribution in [0.25, 0.3) is 0 Å². The van der Waals surface area contributed by atoms with Crippen LogP contribution in [0.4, 0.5) is 0 Å². The minimum atomic E-state index is -3.64. The number of rotatable bonds is 2. The van der Waals surface area contributed by atoms with Crippen molar-refractivity contribution < 1.29 is 18.3 Å². The Labute approximate surface area is 112 Å². The summed E-state index contributed by atoms with van der Waals surface area (Å²) in [6.07, 6.45) is 2.44. The van der Waals surface area contributed by atoms with Gasteiger partial charge in [0.2, 0.25) is 10.0 Å². The summed E-state index contributed by atoms with van der Waals surface area (Å²) < 4.78 is 28.6. The van der Waals surface area contributed by atoms with Gasteiger partial charge in [-0.05, 0) is 18.8 Å². The minimum Gasteiger partial charge on any atom is -0.477 e. The lowest BCUT2D eigenvalue weighted by Gasteiger charge is -2.19. The number of carboxylic acids is 1. The number of aromatic carboxylic acids is 1. The van der Waals surface area contributed by atoms with E-state index >= 15 is 0 Å². The molecule has 7 heteroatoms. The highest BCUT2D eigenvalue weighted by Gasteiger charge is 2.33. The Morgan fingerprint density at radius 2 is 2.16 bits per heavy atom. The molecule has 1 aromatic rings. The molecule has 1 aliphatic rings. The monoisotopic (exact) mass is 286 g/mol. The molecule has 106 valence electrons. The lowest BCUT2D eigenvalue weighted by Crippen LogP contribution is -2.37. The Morgan fingerprint density at radius 3 is 2.68 bits per heavy atom. The first-order valence-electron chi connectivity index (χ1n) is 6.18. The first-order valence-corrected chi connectivity index (χ1v) is 7.66. The van der Waals surface area contributed by atoms with E-state index in [1.165, 1.54) is 10.8 Å². The maximum Gasteiger partial charge on any atom is 0.352 e. The van der Waals surface area contributed by atoms with E-state index in [9.17, 15) is 18.3 Å². The molecule has 6 nitrogen and oxygen atoms in total. The molecule has 2 rings (SSSR count). The number of aryl methyl sites for hydroxylation is 1. The molecule has 0 radical (unpaired) electrons. The summed E-state index contributed by atoms with van der Waals surface area (Å²) in [4.78, 5) is 11.4. The van der Waals surface area contributed by atoms with Crippen molar-refractivity contribution >= 4 is 16.0 Å². The zero-order valence-electron chi connectivity index (χ0n) is 11.2. The highest BCUT2D eigenvalue weighted by molar-refractivity contribution is 7.89. The fourth-order valence-corrected chi connectivity index (χ4v) is 4.23. The van der Waals surface area contributed by atoms with Gasteiger partial charge in [-0.1, -0.05) is 13.8 Å². The van der Waals surface area contributed by atoms with E-state index in [1.807, 2.05) is 13.8 Å². The lowest BCUT2D eigenvalue weighted by atomic mass is 9.98. The van der Waals surface area contributed by atoms with Crippen LogP contribution in [0.1, 0.15) is 36.3 Å². The van der Waals surface area contributed by atoms with Crippen LogP contribution in [0.5, 0.6) is 0 Å². The van der Waals surface area contributed by atoms with Crippen LogP contribution < -0.4 is 4.72 Å². The number of nitrogens with zero attached hydrogens (tertiary/aromatic N) is 1. The first kappa shape index (κ1) is 14.1. The van der Waals surface area contributed by atoms with Crippen molar-refractivity contribution in [3.63, 3.8) is 0 Å². The predicted octanol–water partition coefficient (Wildman–Crippen LogP) is 0.972. The van der Waals surface area contributed by atoms with Gasteiger partial charge in [0.15, 0.2) is 0 Å². The molecule has 2 N–H and O–H groups in total. The second kappa shape index (κ2) is 4.64. The fourth-order valence-electron chi connectivity index (χ4n) is 2.49. The van der Waals surface area contributed by atoms with Crippen molar-refractivity contribution in [1.29, 1.82) is 0 Å². The number of carboxylic acid groups (broad SMARTS) is 1. The average Bonchev–Trinajstić information content (AvgIpc) is 2.55. The van der Waals surface area contributed by atoms with E-state index in [0.29, 0.717) is 18.4 Å². The van der Waals surface area contributed by atoms with Gasteiger partial charge >= 0.3 is 5.97 Å². The summed E-state index contributed by atoms with van der Waals surface area (Å²) in [5.41, 5.74) is 0.468. The van der Waals surface area contributed by atoms with Crippen molar-refractivity contribution in [2.24, 2.45) is 13.0 Å². The molecule has 1 unspecified atom stereocenters. The topological polar surface area (TPSA) is 88.4 Å². The SMILES string of the molecule is CC(C)C1CCc2c(cn(C)c2C(=O)O)S(=O)(=O)N1. The maximum atomic E-state index is 12.3. The van der Waals surface area contributed by atoms with Crippen molar-refractivity contribution in [3.05, 3.63) is 17.5 Å². The summed E-state index contributed by atoms with van der Waals surface area (Å²) in [7, 11) is -2.09. The zero-order valence-corrected chi connectivity index (χ0v) is 12.0. The summed E-state index contributed by atoms with van der Waals surface area (Å²) in [5.74, 6) is -0.928. The molecular formula is C12H18N2O4S. The van der Waals surface area contributed by atoms with E-state index in [1.54, 1.807) is 7.05 Å². The molecule has 0 saturated carbocycles.